The summed E-state index contributed by atoms with van der Waals surface area (Å²) >= 11 is 0. The van der Waals surface area contributed by atoms with Gasteiger partial charge in [-0.25, -0.2) is 0 Å². The van der Waals surface area contributed by atoms with Gasteiger partial charge in [0.25, 0.3) is 0 Å². The van der Waals surface area contributed by atoms with Crippen LogP contribution in [0.4, 0.5) is 5.69 Å². The van der Waals surface area contributed by atoms with E-state index in [9.17, 15) is 4.79 Å². The molecule has 0 aromatic heterocycles. The van der Waals surface area contributed by atoms with Crippen LogP contribution >= 0.6 is 0 Å². The number of carboxylic acids is 1. The summed E-state index contributed by atoms with van der Waals surface area (Å²) in [5.41, 5.74) is 1.04. The fourth-order valence-corrected chi connectivity index (χ4v) is 2.04. The van der Waals surface area contributed by atoms with Crippen molar-refractivity contribution in [3.05, 3.63) is 42.5 Å². The largest absolute Gasteiger partial charge is 0.481 e. The molecule has 0 spiro atoms. The number of rotatable bonds is 4. The van der Waals surface area contributed by atoms with Gasteiger partial charge >= 0.3 is 5.97 Å². The van der Waals surface area contributed by atoms with Crippen LogP contribution in [0.3, 0.4) is 0 Å². The zero-order valence-electron chi connectivity index (χ0n) is 10.6. The van der Waals surface area contributed by atoms with Gasteiger partial charge in [0, 0.05) is 18.8 Å². The van der Waals surface area contributed by atoms with Crippen molar-refractivity contribution in [2.45, 2.75) is 19.4 Å². The van der Waals surface area contributed by atoms with Crippen LogP contribution in [0.25, 0.3) is 10.8 Å². The highest BCUT2D eigenvalue weighted by molar-refractivity contribution is 5.86. The first-order chi connectivity index (χ1) is 8.58. The van der Waals surface area contributed by atoms with E-state index in [1.165, 1.54) is 10.8 Å². The van der Waals surface area contributed by atoms with Crippen LogP contribution in [-0.2, 0) is 4.79 Å². The number of hydrogen-bond acceptors (Lipinski definition) is 2. The molecule has 2 aromatic carbocycles. The number of anilines is 1. The molecule has 1 unspecified atom stereocenters. The summed E-state index contributed by atoms with van der Waals surface area (Å²) in [7, 11) is 1.93. The number of aliphatic carboxylic acids is 1. The smallest absolute Gasteiger partial charge is 0.305 e. The summed E-state index contributed by atoms with van der Waals surface area (Å²) in [4.78, 5) is 12.7. The average Bonchev–Trinajstić information content (AvgIpc) is 2.36. The molecule has 0 aliphatic carbocycles. The van der Waals surface area contributed by atoms with E-state index in [1.54, 1.807) is 0 Å². The molecule has 3 heteroatoms. The Morgan fingerprint density at radius 3 is 2.56 bits per heavy atom. The lowest BCUT2D eigenvalue weighted by atomic mass is 10.1. The van der Waals surface area contributed by atoms with Gasteiger partial charge < -0.3 is 10.0 Å². The maximum atomic E-state index is 10.7. The summed E-state index contributed by atoms with van der Waals surface area (Å²) in [5, 5.41) is 11.2. The van der Waals surface area contributed by atoms with Crippen molar-refractivity contribution in [3.8, 4) is 0 Å². The SMILES string of the molecule is CC(CC(=O)O)N(C)c1ccc2ccccc2c1. The molecule has 0 fully saturated rings. The minimum Gasteiger partial charge on any atom is -0.481 e. The quantitative estimate of drug-likeness (QED) is 0.896. The van der Waals surface area contributed by atoms with Crippen molar-refractivity contribution in [1.29, 1.82) is 0 Å². The zero-order valence-corrected chi connectivity index (χ0v) is 10.6. The highest BCUT2D eigenvalue weighted by Gasteiger charge is 2.13. The lowest BCUT2D eigenvalue weighted by Crippen LogP contribution is -2.30. The van der Waals surface area contributed by atoms with Crippen molar-refractivity contribution in [3.63, 3.8) is 0 Å². The van der Waals surface area contributed by atoms with Crippen LogP contribution < -0.4 is 4.90 Å². The minimum atomic E-state index is -0.768. The Hall–Kier alpha value is -2.03. The number of benzene rings is 2. The number of nitrogens with zero attached hydrogens (tertiary/aromatic N) is 1. The molecule has 1 atom stereocenters. The van der Waals surface area contributed by atoms with E-state index < -0.39 is 5.97 Å². The molecule has 0 radical (unpaired) electrons. The minimum absolute atomic E-state index is 0.0244. The Morgan fingerprint density at radius 1 is 1.22 bits per heavy atom. The highest BCUT2D eigenvalue weighted by atomic mass is 16.4. The zero-order chi connectivity index (χ0) is 13.1. The molecule has 1 N–H and O–H groups in total. The van der Waals surface area contributed by atoms with Gasteiger partial charge in [0.2, 0.25) is 0 Å². The number of carboxylic acid groups (broad SMARTS) is 1. The molecule has 18 heavy (non-hydrogen) atoms. The summed E-state index contributed by atoms with van der Waals surface area (Å²) in [5.74, 6) is -0.768. The van der Waals surface area contributed by atoms with Gasteiger partial charge in [0.15, 0.2) is 0 Å². The molecular weight excluding hydrogens is 226 g/mol. The van der Waals surface area contributed by atoms with Crippen LogP contribution in [0.2, 0.25) is 0 Å². The monoisotopic (exact) mass is 243 g/mol. The van der Waals surface area contributed by atoms with Crippen molar-refractivity contribution in [1.82, 2.24) is 0 Å². The molecule has 2 rings (SSSR count). The van der Waals surface area contributed by atoms with E-state index in [0.717, 1.165) is 5.69 Å². The summed E-state index contributed by atoms with van der Waals surface area (Å²) in [6.07, 6.45) is 0.142. The molecule has 2 aromatic rings. The van der Waals surface area contributed by atoms with Crippen molar-refractivity contribution in [2.24, 2.45) is 0 Å². The maximum absolute atomic E-state index is 10.7. The predicted octanol–water partition coefficient (Wildman–Crippen LogP) is 3.14. The third-order valence-corrected chi connectivity index (χ3v) is 3.27. The van der Waals surface area contributed by atoms with Crippen LogP contribution in [0, 0.1) is 0 Å². The Bertz CT molecular complexity index is 565. The molecule has 0 heterocycles. The molecule has 0 aliphatic rings. The van der Waals surface area contributed by atoms with Gasteiger partial charge in [-0.3, -0.25) is 4.79 Å². The van der Waals surface area contributed by atoms with E-state index in [0.29, 0.717) is 0 Å². The second kappa shape index (κ2) is 5.08. The third-order valence-electron chi connectivity index (χ3n) is 3.27. The van der Waals surface area contributed by atoms with E-state index in [-0.39, 0.29) is 12.5 Å². The lowest BCUT2D eigenvalue weighted by molar-refractivity contribution is -0.137. The van der Waals surface area contributed by atoms with Crippen molar-refractivity contribution in [2.75, 3.05) is 11.9 Å². The van der Waals surface area contributed by atoms with E-state index >= 15 is 0 Å². The molecule has 0 bridgehead atoms. The normalized spacial score (nSPS) is 12.3. The van der Waals surface area contributed by atoms with Crippen LogP contribution in [0.15, 0.2) is 42.5 Å². The Balaban J connectivity index is 2.27. The fourth-order valence-electron chi connectivity index (χ4n) is 2.04. The van der Waals surface area contributed by atoms with E-state index in [1.807, 2.05) is 37.1 Å². The first-order valence-corrected chi connectivity index (χ1v) is 6.01. The molecular formula is C15H17NO2. The van der Waals surface area contributed by atoms with Gasteiger partial charge in [-0.1, -0.05) is 30.3 Å². The molecule has 0 saturated carbocycles. The Kier molecular flexibility index (Phi) is 3.51. The topological polar surface area (TPSA) is 40.5 Å². The Labute approximate surface area is 107 Å². The van der Waals surface area contributed by atoms with Crippen LogP contribution in [-0.4, -0.2) is 24.2 Å². The van der Waals surface area contributed by atoms with Gasteiger partial charge in [0.05, 0.1) is 6.42 Å². The second-order valence-corrected chi connectivity index (χ2v) is 4.59. The lowest BCUT2D eigenvalue weighted by Gasteiger charge is -2.26. The predicted molar refractivity (Wildman–Crippen MR) is 74.1 cm³/mol. The number of carbonyl (C=O) groups is 1. The molecule has 0 amide bonds. The summed E-state index contributed by atoms with van der Waals surface area (Å²) in [6, 6.07) is 14.3. The Morgan fingerprint density at radius 2 is 1.89 bits per heavy atom. The maximum Gasteiger partial charge on any atom is 0.305 e. The average molecular weight is 243 g/mol. The number of hydrogen-bond donors (Lipinski definition) is 1. The van der Waals surface area contributed by atoms with Gasteiger partial charge in [-0.2, -0.15) is 0 Å². The fraction of sp³-hybridized carbons (Fsp3) is 0.267. The van der Waals surface area contributed by atoms with Crippen LogP contribution in [0.1, 0.15) is 13.3 Å². The summed E-state index contributed by atoms with van der Waals surface area (Å²) in [6.45, 7) is 1.92. The van der Waals surface area contributed by atoms with Gasteiger partial charge in [-0.05, 0) is 29.8 Å². The standard InChI is InChI=1S/C15H17NO2/c1-11(9-15(17)18)16(2)14-8-7-12-5-3-4-6-13(12)10-14/h3-8,10-11H,9H2,1-2H3,(H,17,18). The molecule has 0 aliphatic heterocycles. The highest BCUT2D eigenvalue weighted by Crippen LogP contribution is 2.23. The van der Waals surface area contributed by atoms with Crippen molar-refractivity contribution >= 4 is 22.4 Å². The first-order valence-electron chi connectivity index (χ1n) is 6.01. The van der Waals surface area contributed by atoms with Crippen molar-refractivity contribution < 1.29 is 9.90 Å². The molecule has 0 saturated heterocycles. The van der Waals surface area contributed by atoms with E-state index in [2.05, 4.69) is 24.3 Å². The van der Waals surface area contributed by atoms with Crippen LogP contribution in [0.5, 0.6) is 0 Å². The number of fused-ring (bicyclic) bond motifs is 1. The summed E-state index contributed by atoms with van der Waals surface area (Å²) < 4.78 is 0. The molecule has 94 valence electrons. The van der Waals surface area contributed by atoms with Gasteiger partial charge in [-0.15, -0.1) is 0 Å². The third kappa shape index (κ3) is 2.62. The first kappa shape index (κ1) is 12.4. The van der Waals surface area contributed by atoms with Gasteiger partial charge in [0.1, 0.15) is 0 Å². The second-order valence-electron chi connectivity index (χ2n) is 4.59. The van der Waals surface area contributed by atoms with E-state index in [4.69, 9.17) is 5.11 Å². The molecule has 3 nitrogen and oxygen atoms in total.